The lowest BCUT2D eigenvalue weighted by atomic mass is 9.95. The Morgan fingerprint density at radius 1 is 0.526 bits per heavy atom. The number of aliphatic hydroxyl groups is 5. The van der Waals surface area contributed by atoms with Crippen molar-refractivity contribution < 1.29 is 72.9 Å². The lowest BCUT2D eigenvalue weighted by Gasteiger charge is -2.49. The minimum absolute atomic E-state index is 0.128. The molecule has 57 heavy (non-hydrogen) atoms. The summed E-state index contributed by atoms with van der Waals surface area (Å²) in [6.07, 6.45) is -17.6. The molecule has 0 unspecified atom stereocenters. The summed E-state index contributed by atoms with van der Waals surface area (Å²) in [5.74, 6) is -1.08. The maximum Gasteiger partial charge on any atom is 0.187 e. The SMILES string of the molecule is C[C@@H]1O[C@@H](O[C@@H]2[C@@H](O)[C@H](O)O[C@H](CO)[C@H]2O[C@@H]2O[C@H](CO)[C@@H]3OC(C)(C)O[C@@H]3[C@H]2O)[C@@H](OCc2ccccc2)[C@H](OCc2ccccc2)[C@@H]1OCc1ccccc1. The summed E-state index contributed by atoms with van der Waals surface area (Å²) < 4.78 is 62.7. The van der Waals surface area contributed by atoms with Gasteiger partial charge >= 0.3 is 0 Å². The van der Waals surface area contributed by atoms with Crippen LogP contribution in [0.3, 0.4) is 0 Å². The Balaban J connectivity index is 1.19. The zero-order chi connectivity index (χ0) is 40.1. The number of benzene rings is 3. The molecule has 312 valence electrons. The lowest BCUT2D eigenvalue weighted by molar-refractivity contribution is -0.384. The first-order valence-electron chi connectivity index (χ1n) is 19.4. The topological polar surface area (TPSA) is 193 Å². The van der Waals surface area contributed by atoms with Gasteiger partial charge in [-0.2, -0.15) is 0 Å². The molecule has 3 aromatic carbocycles. The van der Waals surface area contributed by atoms with Crippen molar-refractivity contribution in [2.24, 2.45) is 0 Å². The van der Waals surface area contributed by atoms with Crippen molar-refractivity contribution in [3.8, 4) is 0 Å². The van der Waals surface area contributed by atoms with Crippen LogP contribution in [-0.2, 0) is 67.2 Å². The van der Waals surface area contributed by atoms with Gasteiger partial charge in [-0.15, -0.1) is 0 Å². The largest absolute Gasteiger partial charge is 0.394 e. The summed E-state index contributed by atoms with van der Waals surface area (Å²) in [6, 6.07) is 28.9. The van der Waals surface area contributed by atoms with Crippen LogP contribution in [0, 0.1) is 0 Å². The van der Waals surface area contributed by atoms with Crippen LogP contribution in [-0.4, -0.2) is 137 Å². The second-order valence-electron chi connectivity index (χ2n) is 15.2. The van der Waals surface area contributed by atoms with Gasteiger partial charge in [-0.05, 0) is 37.5 Å². The first kappa shape index (κ1) is 42.2. The van der Waals surface area contributed by atoms with Crippen LogP contribution in [0.25, 0.3) is 0 Å². The highest BCUT2D eigenvalue weighted by atomic mass is 16.8. The Hall–Kier alpha value is -2.94. The molecule has 4 aliphatic rings. The molecule has 4 heterocycles. The summed E-state index contributed by atoms with van der Waals surface area (Å²) in [7, 11) is 0. The van der Waals surface area contributed by atoms with Crippen molar-refractivity contribution in [2.45, 2.75) is 138 Å². The second kappa shape index (κ2) is 19.0. The van der Waals surface area contributed by atoms with Crippen LogP contribution in [0.5, 0.6) is 0 Å². The summed E-state index contributed by atoms with van der Waals surface area (Å²) in [6.45, 7) is 4.61. The van der Waals surface area contributed by atoms with E-state index in [0.29, 0.717) is 0 Å². The zero-order valence-electron chi connectivity index (χ0n) is 32.2. The molecule has 15 atom stereocenters. The van der Waals surface area contributed by atoms with Gasteiger partial charge in [-0.3, -0.25) is 0 Å². The number of fused-ring (bicyclic) bond motifs is 1. The van der Waals surface area contributed by atoms with Crippen molar-refractivity contribution in [1.82, 2.24) is 0 Å². The second-order valence-corrected chi connectivity index (χ2v) is 15.2. The summed E-state index contributed by atoms with van der Waals surface area (Å²) in [5.41, 5.74) is 2.72. The van der Waals surface area contributed by atoms with Gasteiger partial charge in [-0.1, -0.05) is 91.0 Å². The molecule has 4 fully saturated rings. The first-order chi connectivity index (χ1) is 27.5. The van der Waals surface area contributed by atoms with E-state index in [0.717, 1.165) is 16.7 Å². The Morgan fingerprint density at radius 2 is 1.02 bits per heavy atom. The molecule has 0 spiro atoms. The molecule has 15 heteroatoms. The molecule has 0 aliphatic carbocycles. The van der Waals surface area contributed by atoms with E-state index in [1.54, 1.807) is 13.8 Å². The van der Waals surface area contributed by atoms with E-state index in [1.165, 1.54) is 0 Å². The molecule has 0 saturated carbocycles. The average molecular weight is 799 g/mol. The Bertz CT molecular complexity index is 1650. The number of hydrogen-bond donors (Lipinski definition) is 5. The minimum Gasteiger partial charge on any atom is -0.394 e. The van der Waals surface area contributed by atoms with Crippen LogP contribution >= 0.6 is 0 Å². The summed E-state index contributed by atoms with van der Waals surface area (Å²) in [4.78, 5) is 0. The minimum atomic E-state index is -1.80. The van der Waals surface area contributed by atoms with E-state index < -0.39 is 111 Å². The van der Waals surface area contributed by atoms with Gasteiger partial charge in [0.2, 0.25) is 0 Å². The summed E-state index contributed by atoms with van der Waals surface area (Å²) in [5, 5.41) is 54.5. The standard InChI is InChI=1S/C42H54O15/c1-24-32(48-21-25-13-7-4-8-14-25)37(49-22-26-15-9-5-10-16-26)38(50-23-27-17-11-6-12-18-27)41(51-24)55-35-30(45)39(47)52-28(19-43)33(35)54-40-31(46)36-34(29(20-44)53-40)56-42(2,3)57-36/h4-18,24,28-41,43-47H,19-23H2,1-3H3/t24-,28+,29+,30+,31+,32+,33+,34-,35+,36+,37+,38-,39+,40-,41-/m0/s1. The number of hydrogen-bond acceptors (Lipinski definition) is 15. The molecule has 3 aromatic rings. The smallest absolute Gasteiger partial charge is 0.187 e. The molecule has 0 radical (unpaired) electrons. The van der Waals surface area contributed by atoms with Gasteiger partial charge in [0.15, 0.2) is 24.7 Å². The van der Waals surface area contributed by atoms with E-state index in [9.17, 15) is 25.5 Å². The zero-order valence-corrected chi connectivity index (χ0v) is 32.2. The van der Waals surface area contributed by atoms with Gasteiger partial charge in [0.25, 0.3) is 0 Å². The molecular formula is C42H54O15. The molecule has 4 saturated heterocycles. The van der Waals surface area contributed by atoms with Gasteiger partial charge in [-0.25, -0.2) is 0 Å². The van der Waals surface area contributed by atoms with Crippen LogP contribution in [0.2, 0.25) is 0 Å². The molecule has 4 aliphatic heterocycles. The van der Waals surface area contributed by atoms with E-state index in [4.69, 9.17) is 47.4 Å². The van der Waals surface area contributed by atoms with Crippen molar-refractivity contribution in [3.63, 3.8) is 0 Å². The Morgan fingerprint density at radius 3 is 1.56 bits per heavy atom. The van der Waals surface area contributed by atoms with Crippen molar-refractivity contribution in [3.05, 3.63) is 108 Å². The van der Waals surface area contributed by atoms with Gasteiger partial charge < -0.3 is 72.9 Å². The highest BCUT2D eigenvalue weighted by Crippen LogP contribution is 2.40. The number of aliphatic hydroxyl groups excluding tert-OH is 5. The van der Waals surface area contributed by atoms with Gasteiger partial charge in [0, 0.05) is 0 Å². The highest BCUT2D eigenvalue weighted by Gasteiger charge is 2.58. The normalized spacial score (nSPS) is 37.8. The monoisotopic (exact) mass is 798 g/mol. The molecular weight excluding hydrogens is 744 g/mol. The Kier molecular flexibility index (Phi) is 14.0. The molecule has 15 nitrogen and oxygen atoms in total. The van der Waals surface area contributed by atoms with Crippen molar-refractivity contribution >= 4 is 0 Å². The molecule has 0 aromatic heterocycles. The van der Waals surface area contributed by atoms with Crippen LogP contribution in [0.15, 0.2) is 91.0 Å². The molecule has 7 rings (SSSR count). The fourth-order valence-electron chi connectivity index (χ4n) is 7.78. The first-order valence-corrected chi connectivity index (χ1v) is 19.4. The summed E-state index contributed by atoms with van der Waals surface area (Å²) >= 11 is 0. The molecule has 0 bridgehead atoms. The van der Waals surface area contributed by atoms with Crippen LogP contribution in [0.4, 0.5) is 0 Å². The predicted octanol–water partition coefficient (Wildman–Crippen LogP) is 1.93. The molecule has 0 amide bonds. The third-order valence-corrected chi connectivity index (χ3v) is 10.6. The van der Waals surface area contributed by atoms with Crippen LogP contribution < -0.4 is 0 Å². The fourth-order valence-corrected chi connectivity index (χ4v) is 7.78. The van der Waals surface area contributed by atoms with Crippen LogP contribution in [0.1, 0.15) is 37.5 Å². The lowest BCUT2D eigenvalue weighted by Crippen LogP contribution is -2.67. The van der Waals surface area contributed by atoms with E-state index >= 15 is 0 Å². The number of rotatable bonds is 15. The van der Waals surface area contributed by atoms with Crippen molar-refractivity contribution in [2.75, 3.05) is 13.2 Å². The van der Waals surface area contributed by atoms with Gasteiger partial charge in [0.05, 0.1) is 39.1 Å². The maximum atomic E-state index is 11.5. The maximum absolute atomic E-state index is 11.5. The number of ether oxygens (including phenoxy) is 10. The Labute approximate surface area is 331 Å². The highest BCUT2D eigenvalue weighted by molar-refractivity contribution is 5.16. The third-order valence-electron chi connectivity index (χ3n) is 10.6. The van der Waals surface area contributed by atoms with Gasteiger partial charge in [0.1, 0.15) is 67.1 Å². The predicted molar refractivity (Wildman–Crippen MR) is 199 cm³/mol. The average Bonchev–Trinajstić information content (AvgIpc) is 3.56. The fraction of sp³-hybridized carbons (Fsp3) is 0.571. The van der Waals surface area contributed by atoms with Crippen molar-refractivity contribution in [1.29, 1.82) is 0 Å². The van der Waals surface area contributed by atoms with E-state index in [2.05, 4.69) is 0 Å². The van der Waals surface area contributed by atoms with E-state index in [-0.39, 0.29) is 19.8 Å². The van der Waals surface area contributed by atoms with E-state index in [1.807, 2.05) is 97.9 Å². The quantitative estimate of drug-likeness (QED) is 0.150. The third kappa shape index (κ3) is 9.92. The molecule has 5 N–H and O–H groups in total.